The first-order valence-corrected chi connectivity index (χ1v) is 12.9. The molecule has 174 valence electrons. The first-order valence-electron chi connectivity index (χ1n) is 12.9. The average Bonchev–Trinajstić information content (AvgIpc) is 2.87. The zero-order valence-corrected chi connectivity index (χ0v) is 21.6. The van der Waals surface area contributed by atoms with E-state index >= 15 is 0 Å². The normalized spacial score (nSPS) is 12.9. The van der Waals surface area contributed by atoms with Crippen LogP contribution >= 0.6 is 0 Å². The minimum atomic E-state index is 0.187. The number of rotatable bonds is 4. The third-order valence-electron chi connectivity index (χ3n) is 7.80. The average molecular weight is 462 g/mol. The Kier molecular flexibility index (Phi) is 5.65. The van der Waals surface area contributed by atoms with E-state index in [1.165, 1.54) is 71.7 Å². The lowest BCUT2D eigenvalue weighted by Gasteiger charge is -2.32. The fourth-order valence-electron chi connectivity index (χ4n) is 6.34. The number of hydrogen-bond acceptors (Lipinski definition) is 0. The Morgan fingerprint density at radius 2 is 1.28 bits per heavy atom. The summed E-state index contributed by atoms with van der Waals surface area (Å²) in [6.45, 7) is 9.13. The quantitative estimate of drug-likeness (QED) is 0.244. The monoisotopic (exact) mass is 462 g/mol. The molecule has 0 atom stereocenters. The van der Waals surface area contributed by atoms with E-state index in [-0.39, 0.29) is 6.71 Å². The molecule has 0 fully saturated rings. The van der Waals surface area contributed by atoms with Crippen molar-refractivity contribution in [2.24, 2.45) is 0 Å². The first-order chi connectivity index (χ1) is 17.5. The minimum Gasteiger partial charge on any atom is -0.0663 e. The van der Waals surface area contributed by atoms with Crippen LogP contribution in [-0.2, 0) is 6.42 Å². The van der Waals surface area contributed by atoms with Crippen LogP contribution < -0.4 is 10.9 Å². The Morgan fingerprint density at radius 1 is 0.611 bits per heavy atom. The van der Waals surface area contributed by atoms with Crippen LogP contribution in [0.3, 0.4) is 0 Å². The number of allylic oxidation sites excluding steroid dienone is 1. The second-order valence-corrected chi connectivity index (χ2v) is 10.4. The van der Waals surface area contributed by atoms with Gasteiger partial charge < -0.3 is 0 Å². The maximum absolute atomic E-state index is 2.36. The van der Waals surface area contributed by atoms with Crippen molar-refractivity contribution in [2.45, 2.75) is 34.1 Å². The highest BCUT2D eigenvalue weighted by Crippen LogP contribution is 2.39. The summed E-state index contributed by atoms with van der Waals surface area (Å²) in [4.78, 5) is 0. The number of benzene rings is 5. The molecule has 0 aromatic heterocycles. The topological polar surface area (TPSA) is 0 Å². The zero-order chi connectivity index (χ0) is 24.8. The highest BCUT2D eigenvalue weighted by atomic mass is 14.2. The van der Waals surface area contributed by atoms with Crippen molar-refractivity contribution in [3.63, 3.8) is 0 Å². The number of hydrogen-bond donors (Lipinski definition) is 0. The summed E-state index contributed by atoms with van der Waals surface area (Å²) in [5, 5.41) is 2.73. The van der Waals surface area contributed by atoms with Gasteiger partial charge in [0.1, 0.15) is 0 Å². The fraction of sp³-hybridized carbons (Fsp3) is 0.143. The lowest BCUT2D eigenvalue weighted by Crippen LogP contribution is -2.48. The molecule has 0 spiro atoms. The summed E-state index contributed by atoms with van der Waals surface area (Å²) >= 11 is 0. The van der Waals surface area contributed by atoms with Gasteiger partial charge in [0.25, 0.3) is 0 Å². The largest absolute Gasteiger partial charge is 0.243 e. The standard InChI is InChI=1S/C35H31B/c1-23-16-18-27(19-17-23)22-31-30-14-8-12-28-13-9-15-32(33(28)30)36(35(31)29-10-6-5-7-11-29)34-25(3)20-24(2)21-26(34)4/h5-21H,22H2,1-4H3. The molecule has 0 unspecified atom stereocenters. The van der Waals surface area contributed by atoms with Gasteiger partial charge in [0.05, 0.1) is 0 Å². The molecule has 5 aromatic rings. The van der Waals surface area contributed by atoms with E-state index in [2.05, 4.69) is 131 Å². The Hall–Kier alpha value is -3.84. The first kappa shape index (κ1) is 22.6. The van der Waals surface area contributed by atoms with Crippen LogP contribution in [0, 0.1) is 27.7 Å². The lowest BCUT2D eigenvalue weighted by atomic mass is 9.31. The van der Waals surface area contributed by atoms with E-state index in [1.807, 2.05) is 0 Å². The summed E-state index contributed by atoms with van der Waals surface area (Å²) in [5.41, 5.74) is 15.2. The minimum absolute atomic E-state index is 0.187. The molecule has 0 nitrogen and oxygen atoms in total. The second-order valence-electron chi connectivity index (χ2n) is 10.4. The molecule has 1 aliphatic heterocycles. The molecule has 36 heavy (non-hydrogen) atoms. The van der Waals surface area contributed by atoms with Crippen molar-refractivity contribution in [2.75, 3.05) is 0 Å². The van der Waals surface area contributed by atoms with Crippen molar-refractivity contribution in [1.29, 1.82) is 0 Å². The molecular formula is C35H31B. The van der Waals surface area contributed by atoms with Crippen LogP contribution in [-0.4, -0.2) is 6.71 Å². The third kappa shape index (κ3) is 3.80. The van der Waals surface area contributed by atoms with E-state index in [0.29, 0.717) is 0 Å². The zero-order valence-electron chi connectivity index (χ0n) is 21.6. The highest BCUT2D eigenvalue weighted by Gasteiger charge is 2.36. The van der Waals surface area contributed by atoms with E-state index < -0.39 is 0 Å². The summed E-state index contributed by atoms with van der Waals surface area (Å²) in [7, 11) is 0. The van der Waals surface area contributed by atoms with Crippen molar-refractivity contribution < 1.29 is 0 Å². The smallest absolute Gasteiger partial charge is 0.0663 e. The van der Waals surface area contributed by atoms with E-state index in [0.717, 1.165) is 6.42 Å². The van der Waals surface area contributed by atoms with E-state index in [1.54, 1.807) is 0 Å². The molecule has 1 heteroatoms. The molecule has 1 heterocycles. The van der Waals surface area contributed by atoms with Gasteiger partial charge in [0.2, 0.25) is 6.71 Å². The fourth-order valence-corrected chi connectivity index (χ4v) is 6.34. The van der Waals surface area contributed by atoms with Gasteiger partial charge in [-0.1, -0.05) is 142 Å². The van der Waals surface area contributed by atoms with Gasteiger partial charge >= 0.3 is 0 Å². The molecular weight excluding hydrogens is 431 g/mol. The summed E-state index contributed by atoms with van der Waals surface area (Å²) in [6, 6.07) is 38.5. The van der Waals surface area contributed by atoms with Crippen LogP contribution in [0.4, 0.5) is 0 Å². The van der Waals surface area contributed by atoms with Gasteiger partial charge in [0, 0.05) is 0 Å². The Labute approximate surface area is 215 Å². The molecule has 0 bridgehead atoms. The third-order valence-corrected chi connectivity index (χ3v) is 7.80. The van der Waals surface area contributed by atoms with Gasteiger partial charge in [-0.05, 0) is 67.2 Å². The predicted molar refractivity (Wildman–Crippen MR) is 158 cm³/mol. The molecule has 0 amide bonds. The maximum atomic E-state index is 2.36. The summed E-state index contributed by atoms with van der Waals surface area (Å²) in [6.07, 6.45) is 0.915. The highest BCUT2D eigenvalue weighted by molar-refractivity contribution is 7.03. The van der Waals surface area contributed by atoms with Gasteiger partial charge in [0.15, 0.2) is 0 Å². The molecule has 0 aliphatic carbocycles. The second kappa shape index (κ2) is 8.99. The van der Waals surface area contributed by atoms with Crippen LogP contribution in [0.1, 0.15) is 38.9 Å². The Morgan fingerprint density at radius 3 is 1.97 bits per heavy atom. The van der Waals surface area contributed by atoms with Crippen molar-refractivity contribution in [3.05, 3.63) is 142 Å². The van der Waals surface area contributed by atoms with Crippen LogP contribution in [0.2, 0.25) is 0 Å². The van der Waals surface area contributed by atoms with E-state index in [4.69, 9.17) is 0 Å². The molecule has 0 saturated heterocycles. The van der Waals surface area contributed by atoms with Gasteiger partial charge in [-0.25, -0.2) is 0 Å². The SMILES string of the molecule is Cc1ccc(CC2=C(c3ccccc3)B(c3c(C)cc(C)cc3C)c3cccc4cccc2c34)cc1. The van der Waals surface area contributed by atoms with Crippen molar-refractivity contribution in [3.8, 4) is 0 Å². The van der Waals surface area contributed by atoms with Gasteiger partial charge in [-0.3, -0.25) is 0 Å². The number of aryl methyl sites for hydroxylation is 4. The maximum Gasteiger partial charge on any atom is 0.243 e. The van der Waals surface area contributed by atoms with Gasteiger partial charge in [-0.15, -0.1) is 0 Å². The van der Waals surface area contributed by atoms with Gasteiger partial charge in [-0.2, -0.15) is 0 Å². The van der Waals surface area contributed by atoms with Crippen LogP contribution in [0.25, 0.3) is 21.8 Å². The Balaban J connectivity index is 1.73. The van der Waals surface area contributed by atoms with Crippen molar-refractivity contribution in [1.82, 2.24) is 0 Å². The summed E-state index contributed by atoms with van der Waals surface area (Å²) in [5.74, 6) is 0. The molecule has 0 saturated carbocycles. The molecule has 5 aromatic carbocycles. The van der Waals surface area contributed by atoms with Crippen LogP contribution in [0.15, 0.2) is 103 Å². The van der Waals surface area contributed by atoms with E-state index in [9.17, 15) is 0 Å². The molecule has 1 aliphatic rings. The Bertz CT molecular complexity index is 1590. The summed E-state index contributed by atoms with van der Waals surface area (Å²) < 4.78 is 0. The predicted octanol–water partition coefficient (Wildman–Crippen LogP) is 7.39. The lowest BCUT2D eigenvalue weighted by molar-refractivity contribution is 1.27. The van der Waals surface area contributed by atoms with Crippen molar-refractivity contribution >= 4 is 39.5 Å². The van der Waals surface area contributed by atoms with Crippen LogP contribution in [0.5, 0.6) is 0 Å². The molecule has 0 radical (unpaired) electrons. The molecule has 0 N–H and O–H groups in total. The molecule has 6 rings (SSSR count).